The highest BCUT2D eigenvalue weighted by Gasteiger charge is 2.18. The molecule has 0 saturated carbocycles. The van der Waals surface area contributed by atoms with Crippen LogP contribution in [0.3, 0.4) is 0 Å². The average Bonchev–Trinajstić information content (AvgIpc) is 2.47. The van der Waals surface area contributed by atoms with Crippen molar-refractivity contribution in [3.63, 3.8) is 0 Å². The van der Waals surface area contributed by atoms with Gasteiger partial charge in [0.2, 0.25) is 5.75 Å². The Labute approximate surface area is 126 Å². The maximum absolute atomic E-state index is 5.98. The third kappa shape index (κ3) is 3.84. The van der Waals surface area contributed by atoms with Gasteiger partial charge < -0.3 is 24.3 Å². The van der Waals surface area contributed by atoms with E-state index in [-0.39, 0.29) is 18.5 Å². The second-order valence-electron chi connectivity index (χ2n) is 4.43. The van der Waals surface area contributed by atoms with Gasteiger partial charge in [-0.1, -0.05) is 0 Å². The zero-order chi connectivity index (χ0) is 13.7. The minimum absolute atomic E-state index is 0. The van der Waals surface area contributed by atoms with Crippen LogP contribution in [0.5, 0.6) is 23.0 Å². The quantitative estimate of drug-likeness (QED) is 0.904. The van der Waals surface area contributed by atoms with Crippen molar-refractivity contribution in [2.45, 2.75) is 18.9 Å². The van der Waals surface area contributed by atoms with E-state index in [9.17, 15) is 0 Å². The highest BCUT2D eigenvalue weighted by atomic mass is 35.5. The molecule has 1 aliphatic rings. The SMILES string of the molecule is COc1cc(OC2CCNCC2)cc(OC)c1OC.Cl. The maximum atomic E-state index is 5.98. The summed E-state index contributed by atoms with van der Waals surface area (Å²) < 4.78 is 21.9. The molecule has 1 aromatic carbocycles. The first kappa shape index (κ1) is 16.7. The molecule has 1 aromatic rings. The lowest BCUT2D eigenvalue weighted by atomic mass is 10.1. The van der Waals surface area contributed by atoms with E-state index in [0.717, 1.165) is 31.7 Å². The minimum Gasteiger partial charge on any atom is -0.493 e. The summed E-state index contributed by atoms with van der Waals surface area (Å²) >= 11 is 0. The summed E-state index contributed by atoms with van der Waals surface area (Å²) in [5, 5.41) is 3.31. The molecule has 0 aromatic heterocycles. The summed E-state index contributed by atoms with van der Waals surface area (Å²) in [5.41, 5.74) is 0. The summed E-state index contributed by atoms with van der Waals surface area (Å²) in [4.78, 5) is 0. The van der Waals surface area contributed by atoms with Gasteiger partial charge in [-0.2, -0.15) is 0 Å². The van der Waals surface area contributed by atoms with Crippen LogP contribution in [0.2, 0.25) is 0 Å². The number of rotatable bonds is 5. The number of ether oxygens (including phenoxy) is 4. The Bertz CT molecular complexity index is 397. The van der Waals surface area contributed by atoms with E-state index in [1.807, 2.05) is 12.1 Å². The first-order valence-electron chi connectivity index (χ1n) is 6.46. The zero-order valence-corrected chi connectivity index (χ0v) is 12.9. The fraction of sp³-hybridized carbons (Fsp3) is 0.571. The van der Waals surface area contributed by atoms with Gasteiger partial charge in [-0.05, 0) is 25.9 Å². The van der Waals surface area contributed by atoms with Crippen LogP contribution in [-0.4, -0.2) is 40.5 Å². The van der Waals surface area contributed by atoms with Gasteiger partial charge in [-0.15, -0.1) is 12.4 Å². The molecule has 0 spiro atoms. The maximum Gasteiger partial charge on any atom is 0.203 e. The summed E-state index contributed by atoms with van der Waals surface area (Å²) in [6.45, 7) is 1.99. The van der Waals surface area contributed by atoms with E-state index in [4.69, 9.17) is 18.9 Å². The standard InChI is InChI=1S/C14H21NO4.ClH/c1-16-12-8-11(9-13(17-2)14(12)18-3)19-10-4-6-15-7-5-10;/h8-10,15H,4-7H2,1-3H3;1H. The van der Waals surface area contributed by atoms with Crippen molar-refractivity contribution >= 4 is 12.4 Å². The summed E-state index contributed by atoms with van der Waals surface area (Å²) in [6.07, 6.45) is 2.26. The predicted molar refractivity (Wildman–Crippen MR) is 79.9 cm³/mol. The first-order valence-corrected chi connectivity index (χ1v) is 6.46. The summed E-state index contributed by atoms with van der Waals surface area (Å²) in [5.74, 6) is 2.57. The van der Waals surface area contributed by atoms with Gasteiger partial charge in [-0.25, -0.2) is 0 Å². The van der Waals surface area contributed by atoms with Crippen molar-refractivity contribution in [1.82, 2.24) is 5.32 Å². The molecule has 1 saturated heterocycles. The molecule has 0 atom stereocenters. The van der Waals surface area contributed by atoms with Gasteiger partial charge >= 0.3 is 0 Å². The normalized spacial score (nSPS) is 15.2. The Morgan fingerprint density at radius 3 is 1.95 bits per heavy atom. The molecule has 1 N–H and O–H groups in total. The summed E-state index contributed by atoms with van der Waals surface area (Å²) in [6, 6.07) is 3.67. The molecule has 1 aliphatic heterocycles. The molecular weight excluding hydrogens is 282 g/mol. The Morgan fingerprint density at radius 1 is 0.950 bits per heavy atom. The average molecular weight is 304 g/mol. The molecule has 1 heterocycles. The molecular formula is C14H22ClNO4. The Kier molecular flexibility index (Phi) is 6.75. The number of hydrogen-bond donors (Lipinski definition) is 1. The molecule has 0 radical (unpaired) electrons. The minimum atomic E-state index is 0. The van der Waals surface area contributed by atoms with Crippen molar-refractivity contribution in [3.8, 4) is 23.0 Å². The van der Waals surface area contributed by atoms with E-state index in [2.05, 4.69) is 5.32 Å². The van der Waals surface area contributed by atoms with Crippen LogP contribution in [0, 0.1) is 0 Å². The van der Waals surface area contributed by atoms with Gasteiger partial charge in [0.05, 0.1) is 21.3 Å². The third-order valence-electron chi connectivity index (χ3n) is 3.23. The number of hydrogen-bond acceptors (Lipinski definition) is 5. The van der Waals surface area contributed by atoms with E-state index >= 15 is 0 Å². The highest BCUT2D eigenvalue weighted by Crippen LogP contribution is 2.41. The van der Waals surface area contributed by atoms with Crippen LogP contribution in [0.25, 0.3) is 0 Å². The molecule has 1 fully saturated rings. The zero-order valence-electron chi connectivity index (χ0n) is 12.1. The van der Waals surface area contributed by atoms with Crippen molar-refractivity contribution in [2.24, 2.45) is 0 Å². The number of nitrogens with one attached hydrogen (secondary N) is 1. The van der Waals surface area contributed by atoms with Crippen molar-refractivity contribution in [3.05, 3.63) is 12.1 Å². The largest absolute Gasteiger partial charge is 0.493 e. The second-order valence-corrected chi connectivity index (χ2v) is 4.43. The molecule has 0 amide bonds. The van der Waals surface area contributed by atoms with Crippen LogP contribution in [0.1, 0.15) is 12.8 Å². The monoisotopic (exact) mass is 303 g/mol. The van der Waals surface area contributed by atoms with E-state index in [0.29, 0.717) is 17.2 Å². The number of methoxy groups -OCH3 is 3. The lowest BCUT2D eigenvalue weighted by Gasteiger charge is -2.24. The van der Waals surface area contributed by atoms with Crippen molar-refractivity contribution in [2.75, 3.05) is 34.4 Å². The lowest BCUT2D eigenvalue weighted by Crippen LogP contribution is -2.34. The van der Waals surface area contributed by atoms with Crippen molar-refractivity contribution < 1.29 is 18.9 Å². The molecule has 6 heteroatoms. The van der Waals surface area contributed by atoms with E-state index in [1.165, 1.54) is 0 Å². The molecule has 5 nitrogen and oxygen atoms in total. The topological polar surface area (TPSA) is 49.0 Å². The summed E-state index contributed by atoms with van der Waals surface area (Å²) in [7, 11) is 4.80. The molecule has 0 unspecified atom stereocenters. The Hall–Kier alpha value is -1.33. The van der Waals surface area contributed by atoms with Crippen LogP contribution >= 0.6 is 12.4 Å². The molecule has 0 aliphatic carbocycles. The first-order chi connectivity index (χ1) is 9.28. The predicted octanol–water partition coefficient (Wildman–Crippen LogP) is 2.27. The highest BCUT2D eigenvalue weighted by molar-refractivity contribution is 5.85. The van der Waals surface area contributed by atoms with Crippen LogP contribution in [0.4, 0.5) is 0 Å². The molecule has 114 valence electrons. The van der Waals surface area contributed by atoms with Gasteiger partial charge in [-0.3, -0.25) is 0 Å². The van der Waals surface area contributed by atoms with E-state index < -0.39 is 0 Å². The van der Waals surface area contributed by atoms with Gasteiger partial charge in [0.15, 0.2) is 11.5 Å². The van der Waals surface area contributed by atoms with Crippen LogP contribution in [0.15, 0.2) is 12.1 Å². The molecule has 20 heavy (non-hydrogen) atoms. The van der Waals surface area contributed by atoms with E-state index in [1.54, 1.807) is 21.3 Å². The fourth-order valence-corrected chi connectivity index (χ4v) is 2.23. The fourth-order valence-electron chi connectivity index (χ4n) is 2.23. The lowest BCUT2D eigenvalue weighted by molar-refractivity contribution is 0.161. The Balaban J connectivity index is 0.00000200. The Morgan fingerprint density at radius 2 is 1.50 bits per heavy atom. The number of benzene rings is 1. The van der Waals surface area contributed by atoms with Gasteiger partial charge in [0, 0.05) is 12.1 Å². The van der Waals surface area contributed by atoms with Crippen LogP contribution in [-0.2, 0) is 0 Å². The van der Waals surface area contributed by atoms with Gasteiger partial charge in [0.1, 0.15) is 11.9 Å². The van der Waals surface area contributed by atoms with Crippen molar-refractivity contribution in [1.29, 1.82) is 0 Å². The molecule has 0 bridgehead atoms. The third-order valence-corrected chi connectivity index (χ3v) is 3.23. The second kappa shape index (κ2) is 8.07. The number of halogens is 1. The van der Waals surface area contributed by atoms with Gasteiger partial charge in [0.25, 0.3) is 0 Å². The number of piperidine rings is 1. The van der Waals surface area contributed by atoms with Crippen LogP contribution < -0.4 is 24.3 Å². The molecule has 2 rings (SSSR count). The smallest absolute Gasteiger partial charge is 0.203 e.